The minimum atomic E-state index is 0.333. The third kappa shape index (κ3) is 3.75. The van der Waals surface area contributed by atoms with E-state index in [1.54, 1.807) is 12.1 Å². The largest absolute Gasteiger partial charge is 0.508 e. The molecule has 24 heavy (non-hydrogen) atoms. The van der Waals surface area contributed by atoms with Crippen LogP contribution in [0.1, 0.15) is 50.2 Å². The Bertz CT molecular complexity index is 645. The quantitative estimate of drug-likeness (QED) is 0.780. The molecule has 0 heterocycles. The molecule has 128 valence electrons. The van der Waals surface area contributed by atoms with Crippen LogP contribution >= 0.6 is 0 Å². The van der Waals surface area contributed by atoms with Crippen molar-refractivity contribution < 1.29 is 10.2 Å². The van der Waals surface area contributed by atoms with Crippen LogP contribution in [0.5, 0.6) is 11.5 Å². The van der Waals surface area contributed by atoms with Crippen molar-refractivity contribution in [3.63, 3.8) is 0 Å². The molecule has 1 fully saturated rings. The number of aromatic hydroxyl groups is 2. The van der Waals surface area contributed by atoms with Gasteiger partial charge in [-0.05, 0) is 71.9 Å². The molecule has 0 amide bonds. The van der Waals surface area contributed by atoms with Crippen LogP contribution in [0, 0.1) is 17.8 Å². The summed E-state index contributed by atoms with van der Waals surface area (Å²) in [7, 11) is 0. The van der Waals surface area contributed by atoms with Gasteiger partial charge in [0.25, 0.3) is 0 Å². The Morgan fingerprint density at radius 3 is 2.12 bits per heavy atom. The van der Waals surface area contributed by atoms with Gasteiger partial charge in [0, 0.05) is 0 Å². The molecule has 2 heteroatoms. The van der Waals surface area contributed by atoms with Gasteiger partial charge in [-0.3, -0.25) is 0 Å². The molecule has 4 unspecified atom stereocenters. The average molecular weight is 324 g/mol. The van der Waals surface area contributed by atoms with E-state index in [1.165, 1.54) is 30.4 Å². The van der Waals surface area contributed by atoms with Crippen molar-refractivity contribution in [1.29, 1.82) is 0 Å². The molecule has 0 bridgehead atoms. The summed E-state index contributed by atoms with van der Waals surface area (Å²) in [4.78, 5) is 0. The Morgan fingerprint density at radius 1 is 0.917 bits per heavy atom. The second-order valence-corrected chi connectivity index (χ2v) is 7.54. The van der Waals surface area contributed by atoms with Crippen LogP contribution in [0.3, 0.4) is 0 Å². The van der Waals surface area contributed by atoms with Gasteiger partial charge < -0.3 is 10.2 Å². The first-order valence-corrected chi connectivity index (χ1v) is 9.11. The van der Waals surface area contributed by atoms with Crippen LogP contribution in [-0.2, 0) is 6.42 Å². The molecule has 1 aliphatic rings. The summed E-state index contributed by atoms with van der Waals surface area (Å²) in [6, 6.07) is 15.5. The molecule has 1 saturated carbocycles. The molecular formula is C22H28O2. The fourth-order valence-electron chi connectivity index (χ4n) is 4.52. The maximum absolute atomic E-state index is 9.59. The highest BCUT2D eigenvalue weighted by Crippen LogP contribution is 2.46. The number of phenolic OH excluding ortho intramolecular Hbond substituents is 2. The minimum absolute atomic E-state index is 0.333. The van der Waals surface area contributed by atoms with Gasteiger partial charge in [0.15, 0.2) is 0 Å². The maximum Gasteiger partial charge on any atom is 0.115 e. The monoisotopic (exact) mass is 324 g/mol. The highest BCUT2D eigenvalue weighted by atomic mass is 16.3. The number of benzene rings is 2. The van der Waals surface area contributed by atoms with Gasteiger partial charge in [-0.25, -0.2) is 0 Å². The minimum Gasteiger partial charge on any atom is -0.508 e. The topological polar surface area (TPSA) is 40.5 Å². The van der Waals surface area contributed by atoms with Gasteiger partial charge in [-0.2, -0.15) is 0 Å². The Kier molecular flexibility index (Phi) is 5.13. The molecule has 0 spiro atoms. The third-order valence-electron chi connectivity index (χ3n) is 5.77. The Labute approximate surface area is 145 Å². The van der Waals surface area contributed by atoms with Crippen LogP contribution in [0.25, 0.3) is 0 Å². The van der Waals surface area contributed by atoms with Gasteiger partial charge in [0.1, 0.15) is 11.5 Å². The van der Waals surface area contributed by atoms with Gasteiger partial charge >= 0.3 is 0 Å². The average Bonchev–Trinajstić information content (AvgIpc) is 2.58. The van der Waals surface area contributed by atoms with Gasteiger partial charge in [0.2, 0.25) is 0 Å². The van der Waals surface area contributed by atoms with E-state index in [0.29, 0.717) is 35.2 Å². The fraction of sp³-hybridized carbons (Fsp3) is 0.455. The summed E-state index contributed by atoms with van der Waals surface area (Å²) in [6.45, 7) is 4.74. The van der Waals surface area contributed by atoms with Gasteiger partial charge in [-0.15, -0.1) is 0 Å². The van der Waals surface area contributed by atoms with E-state index in [1.807, 2.05) is 24.3 Å². The highest BCUT2D eigenvalue weighted by Gasteiger charge is 2.34. The van der Waals surface area contributed by atoms with Crippen LogP contribution in [0.2, 0.25) is 0 Å². The van der Waals surface area contributed by atoms with E-state index >= 15 is 0 Å². The van der Waals surface area contributed by atoms with Crippen molar-refractivity contribution in [3.8, 4) is 11.5 Å². The third-order valence-corrected chi connectivity index (χ3v) is 5.77. The lowest BCUT2D eigenvalue weighted by Crippen LogP contribution is -2.30. The second-order valence-electron chi connectivity index (χ2n) is 7.54. The summed E-state index contributed by atoms with van der Waals surface area (Å²) in [5.41, 5.74) is 2.66. The lowest BCUT2D eigenvalue weighted by molar-refractivity contribution is 0.173. The highest BCUT2D eigenvalue weighted by molar-refractivity contribution is 5.30. The summed E-state index contributed by atoms with van der Waals surface area (Å²) in [5, 5.41) is 19.1. The van der Waals surface area contributed by atoms with Crippen molar-refractivity contribution >= 4 is 0 Å². The van der Waals surface area contributed by atoms with E-state index < -0.39 is 0 Å². The molecule has 0 aliphatic heterocycles. The van der Waals surface area contributed by atoms with Gasteiger partial charge in [-0.1, -0.05) is 51.0 Å². The molecule has 0 radical (unpaired) electrons. The smallest absolute Gasteiger partial charge is 0.115 e. The Balaban J connectivity index is 1.80. The standard InChI is InChI=1S/C22H28O2/c1-15-4-3-5-21(22(15)18-8-12-20(24)13-9-18)16(2)14-17-6-10-19(23)11-7-17/h6-13,15-16,21-24H,3-5,14H2,1-2H3. The lowest BCUT2D eigenvalue weighted by Gasteiger charge is -2.40. The number of hydrogen-bond donors (Lipinski definition) is 2. The fourth-order valence-corrected chi connectivity index (χ4v) is 4.52. The lowest BCUT2D eigenvalue weighted by atomic mass is 9.64. The summed E-state index contributed by atoms with van der Waals surface area (Å²) >= 11 is 0. The van der Waals surface area contributed by atoms with E-state index in [2.05, 4.69) is 26.0 Å². The number of phenols is 2. The van der Waals surface area contributed by atoms with E-state index in [4.69, 9.17) is 0 Å². The molecule has 2 aromatic rings. The molecule has 1 aliphatic carbocycles. The first kappa shape index (κ1) is 16.9. The van der Waals surface area contributed by atoms with Crippen molar-refractivity contribution in [3.05, 3.63) is 59.7 Å². The molecular weight excluding hydrogens is 296 g/mol. The van der Waals surface area contributed by atoms with Crippen molar-refractivity contribution in [2.75, 3.05) is 0 Å². The maximum atomic E-state index is 9.59. The second kappa shape index (κ2) is 7.29. The van der Waals surface area contributed by atoms with Crippen molar-refractivity contribution in [2.45, 2.75) is 45.4 Å². The van der Waals surface area contributed by atoms with Crippen LogP contribution in [-0.4, -0.2) is 10.2 Å². The van der Waals surface area contributed by atoms with Crippen LogP contribution in [0.15, 0.2) is 48.5 Å². The SMILES string of the molecule is CC(Cc1ccc(O)cc1)C1CCCC(C)C1c1ccc(O)cc1. The Hall–Kier alpha value is -1.96. The molecule has 0 aromatic heterocycles. The Morgan fingerprint density at radius 2 is 1.50 bits per heavy atom. The number of rotatable bonds is 4. The van der Waals surface area contributed by atoms with Crippen molar-refractivity contribution in [2.24, 2.45) is 17.8 Å². The normalized spacial score (nSPS) is 25.3. The summed E-state index contributed by atoms with van der Waals surface area (Å²) < 4.78 is 0. The predicted octanol–water partition coefficient (Wildman–Crippen LogP) is 5.50. The first-order chi connectivity index (χ1) is 11.5. The molecule has 2 N–H and O–H groups in total. The first-order valence-electron chi connectivity index (χ1n) is 9.11. The molecule has 2 aromatic carbocycles. The molecule has 2 nitrogen and oxygen atoms in total. The van der Waals surface area contributed by atoms with Gasteiger partial charge in [0.05, 0.1) is 0 Å². The zero-order chi connectivity index (χ0) is 17.1. The van der Waals surface area contributed by atoms with Crippen molar-refractivity contribution in [1.82, 2.24) is 0 Å². The van der Waals surface area contributed by atoms with Crippen LogP contribution in [0.4, 0.5) is 0 Å². The summed E-state index contributed by atoms with van der Waals surface area (Å²) in [5.74, 6) is 3.17. The van der Waals surface area contributed by atoms with Crippen LogP contribution < -0.4 is 0 Å². The van der Waals surface area contributed by atoms with E-state index in [0.717, 1.165) is 6.42 Å². The zero-order valence-electron chi connectivity index (χ0n) is 14.7. The molecule has 0 saturated heterocycles. The summed E-state index contributed by atoms with van der Waals surface area (Å²) in [6.07, 6.45) is 4.91. The van der Waals surface area contributed by atoms with E-state index in [9.17, 15) is 10.2 Å². The molecule has 3 rings (SSSR count). The van der Waals surface area contributed by atoms with E-state index in [-0.39, 0.29) is 0 Å². The number of hydrogen-bond acceptors (Lipinski definition) is 2. The zero-order valence-corrected chi connectivity index (χ0v) is 14.7. The predicted molar refractivity (Wildman–Crippen MR) is 98.3 cm³/mol. The molecule has 4 atom stereocenters.